The molecule has 1 fully saturated rings. The summed E-state index contributed by atoms with van der Waals surface area (Å²) in [5.41, 5.74) is 2.15. The van der Waals surface area contributed by atoms with Crippen LogP contribution in [-0.4, -0.2) is 49.8 Å². The molecule has 0 spiro atoms. The summed E-state index contributed by atoms with van der Waals surface area (Å²) in [4.78, 5) is 9.32. The molecule has 0 bridgehead atoms. The van der Waals surface area contributed by atoms with E-state index in [4.69, 9.17) is 28.8 Å². The lowest BCUT2D eigenvalue weighted by atomic mass is 9.95. The minimum atomic E-state index is -3.84. The van der Waals surface area contributed by atoms with Gasteiger partial charge >= 0.3 is 0 Å². The fourth-order valence-corrected chi connectivity index (χ4v) is 5.97. The Labute approximate surface area is 235 Å². The third-order valence-electron chi connectivity index (χ3n) is 6.60. The van der Waals surface area contributed by atoms with Crippen molar-refractivity contribution in [2.45, 2.75) is 36.4 Å². The zero-order valence-electron chi connectivity index (χ0n) is 21.6. The van der Waals surface area contributed by atoms with Crippen molar-refractivity contribution in [1.29, 1.82) is 0 Å². The lowest BCUT2D eigenvalue weighted by Crippen LogP contribution is -2.35. The molecule has 4 aromatic rings. The smallest absolute Gasteiger partial charge is 0.238 e. The summed E-state index contributed by atoms with van der Waals surface area (Å²) in [7, 11) is -2.16. The molecular weight excluding hydrogens is 556 g/mol. The van der Waals surface area contributed by atoms with Crippen molar-refractivity contribution in [3.8, 4) is 22.6 Å². The molecular formula is C27H28N4O7S2. The van der Waals surface area contributed by atoms with E-state index < -0.39 is 15.6 Å². The number of methoxy groups -OCH3 is 1. The average Bonchev–Trinajstić information content (AvgIpc) is 3.64. The number of oxime groups is 1. The molecule has 1 aliphatic rings. The maximum atomic E-state index is 11.7. The van der Waals surface area contributed by atoms with Crippen molar-refractivity contribution < 1.29 is 32.3 Å². The number of benzene rings is 2. The van der Waals surface area contributed by atoms with Crippen LogP contribution in [0.5, 0.6) is 0 Å². The molecule has 0 aliphatic carbocycles. The SMILES string of the molecule is COC1(c2nc(COC(Cc3nc(-c4ccccc4)c(-c4ccc(S(N)(=O)=O)cc4)o3)=NO)cs2)CCOCC1. The maximum Gasteiger partial charge on any atom is 0.238 e. The van der Waals surface area contributed by atoms with Gasteiger partial charge < -0.3 is 23.8 Å². The quantitative estimate of drug-likeness (QED) is 0.126. The molecule has 11 nitrogen and oxygen atoms in total. The van der Waals surface area contributed by atoms with Gasteiger partial charge in [-0.05, 0) is 24.3 Å². The van der Waals surface area contributed by atoms with Gasteiger partial charge in [0, 0.05) is 49.7 Å². The first-order valence-corrected chi connectivity index (χ1v) is 14.8. The Kier molecular flexibility index (Phi) is 8.28. The van der Waals surface area contributed by atoms with Gasteiger partial charge in [0.1, 0.15) is 29.3 Å². The van der Waals surface area contributed by atoms with Crippen LogP contribution in [-0.2, 0) is 42.9 Å². The van der Waals surface area contributed by atoms with Gasteiger partial charge in [-0.1, -0.05) is 35.5 Å². The van der Waals surface area contributed by atoms with Crippen LogP contribution in [0.4, 0.5) is 0 Å². The van der Waals surface area contributed by atoms with Gasteiger partial charge in [-0.2, -0.15) is 0 Å². The molecule has 0 atom stereocenters. The second kappa shape index (κ2) is 11.9. The summed E-state index contributed by atoms with van der Waals surface area (Å²) in [6.07, 6.45) is 1.42. The number of hydrogen-bond donors (Lipinski definition) is 2. The number of oxazole rings is 1. The van der Waals surface area contributed by atoms with Crippen molar-refractivity contribution in [3.63, 3.8) is 0 Å². The number of ether oxygens (including phenoxy) is 3. The van der Waals surface area contributed by atoms with E-state index in [2.05, 4.69) is 10.1 Å². The molecule has 0 saturated carbocycles. The number of aromatic nitrogens is 2. The third-order valence-corrected chi connectivity index (χ3v) is 8.60. The summed E-state index contributed by atoms with van der Waals surface area (Å²) in [6, 6.07) is 15.4. The highest BCUT2D eigenvalue weighted by atomic mass is 32.2. The van der Waals surface area contributed by atoms with Crippen molar-refractivity contribution in [2.24, 2.45) is 10.3 Å². The monoisotopic (exact) mass is 584 g/mol. The summed E-state index contributed by atoms with van der Waals surface area (Å²) in [5, 5.41) is 20.9. The van der Waals surface area contributed by atoms with E-state index in [1.807, 2.05) is 35.7 Å². The van der Waals surface area contributed by atoms with Crippen LogP contribution in [0.25, 0.3) is 22.6 Å². The highest BCUT2D eigenvalue weighted by Crippen LogP contribution is 2.37. The Balaban J connectivity index is 1.34. The standard InChI is InChI=1S/C27H28N4O7S2/c1-35-27(11-13-36-14-12-27)26-29-20(17-39-26)16-37-23(31-32)15-22-30-24(18-5-3-2-4-6-18)25(38-22)19-7-9-21(10-8-19)40(28,33)34/h2-10,17,32H,11-16H2,1H3,(H2,28,33,34). The number of thiazole rings is 1. The topological polar surface area (TPSA) is 159 Å². The minimum absolute atomic E-state index is 0.000874. The lowest BCUT2D eigenvalue weighted by molar-refractivity contribution is -0.0949. The average molecular weight is 585 g/mol. The number of nitrogens with zero attached hydrogens (tertiary/aromatic N) is 3. The molecule has 210 valence electrons. The predicted molar refractivity (Wildman–Crippen MR) is 147 cm³/mol. The fraction of sp³-hybridized carbons (Fsp3) is 0.296. The third kappa shape index (κ3) is 6.08. The van der Waals surface area contributed by atoms with Gasteiger partial charge in [-0.3, -0.25) is 0 Å². The number of primary sulfonamides is 1. The van der Waals surface area contributed by atoms with Gasteiger partial charge in [0.05, 0.1) is 10.6 Å². The molecule has 1 saturated heterocycles. The summed E-state index contributed by atoms with van der Waals surface area (Å²) in [6.45, 7) is 1.31. The van der Waals surface area contributed by atoms with E-state index in [9.17, 15) is 13.6 Å². The molecule has 1 aliphatic heterocycles. The number of nitrogens with two attached hydrogens (primary N) is 1. The van der Waals surface area contributed by atoms with Gasteiger partial charge in [0.15, 0.2) is 5.76 Å². The first-order chi connectivity index (χ1) is 19.3. The molecule has 3 N–H and O–H groups in total. The zero-order valence-corrected chi connectivity index (χ0v) is 23.3. The summed E-state index contributed by atoms with van der Waals surface area (Å²) >= 11 is 1.50. The first kappa shape index (κ1) is 27.9. The Morgan fingerprint density at radius 3 is 2.48 bits per heavy atom. The Morgan fingerprint density at radius 1 is 1.10 bits per heavy atom. The van der Waals surface area contributed by atoms with Gasteiger partial charge in [-0.25, -0.2) is 23.5 Å². The maximum absolute atomic E-state index is 11.7. The van der Waals surface area contributed by atoms with E-state index in [1.165, 1.54) is 23.5 Å². The van der Waals surface area contributed by atoms with Gasteiger partial charge in [0.2, 0.25) is 21.8 Å². The highest BCUT2D eigenvalue weighted by Gasteiger charge is 2.37. The molecule has 13 heteroatoms. The molecule has 0 radical (unpaired) electrons. The summed E-state index contributed by atoms with van der Waals surface area (Å²) < 4.78 is 46.5. The molecule has 0 unspecified atom stereocenters. The normalized spacial score (nSPS) is 15.7. The Morgan fingerprint density at radius 2 is 1.82 bits per heavy atom. The van der Waals surface area contributed by atoms with Crippen molar-refractivity contribution >= 4 is 27.3 Å². The predicted octanol–water partition coefficient (Wildman–Crippen LogP) is 4.31. The van der Waals surface area contributed by atoms with Crippen LogP contribution in [0.3, 0.4) is 0 Å². The Hall–Kier alpha value is -3.62. The van der Waals surface area contributed by atoms with E-state index in [0.29, 0.717) is 35.9 Å². The first-order valence-electron chi connectivity index (χ1n) is 12.4. The van der Waals surface area contributed by atoms with E-state index in [-0.39, 0.29) is 29.7 Å². The molecule has 0 amide bonds. The number of rotatable bonds is 9. The van der Waals surface area contributed by atoms with Crippen LogP contribution < -0.4 is 5.14 Å². The van der Waals surface area contributed by atoms with Crippen molar-refractivity contribution in [2.75, 3.05) is 20.3 Å². The van der Waals surface area contributed by atoms with Crippen LogP contribution in [0.15, 0.2) is 74.4 Å². The van der Waals surface area contributed by atoms with Crippen LogP contribution in [0.2, 0.25) is 0 Å². The number of sulfonamides is 1. The molecule has 2 aromatic carbocycles. The lowest BCUT2D eigenvalue weighted by Gasteiger charge is -2.33. The van der Waals surface area contributed by atoms with Crippen molar-refractivity contribution in [3.05, 3.63) is 76.6 Å². The van der Waals surface area contributed by atoms with Crippen molar-refractivity contribution in [1.82, 2.24) is 9.97 Å². The molecule has 5 rings (SSSR count). The van der Waals surface area contributed by atoms with Crippen LogP contribution in [0.1, 0.15) is 29.4 Å². The van der Waals surface area contributed by atoms with E-state index in [1.54, 1.807) is 19.2 Å². The number of hydrogen-bond acceptors (Lipinski definition) is 11. The van der Waals surface area contributed by atoms with Gasteiger partial charge in [0.25, 0.3) is 0 Å². The minimum Gasteiger partial charge on any atom is -0.472 e. The second-order valence-corrected chi connectivity index (χ2v) is 11.6. The van der Waals surface area contributed by atoms with Crippen LogP contribution >= 0.6 is 11.3 Å². The van der Waals surface area contributed by atoms with E-state index in [0.717, 1.165) is 23.4 Å². The molecule has 2 aromatic heterocycles. The zero-order chi connectivity index (χ0) is 28.2. The highest BCUT2D eigenvalue weighted by molar-refractivity contribution is 7.89. The van der Waals surface area contributed by atoms with Gasteiger partial charge in [-0.15, -0.1) is 11.3 Å². The largest absolute Gasteiger partial charge is 0.472 e. The molecule has 40 heavy (non-hydrogen) atoms. The fourth-order valence-electron chi connectivity index (χ4n) is 4.41. The van der Waals surface area contributed by atoms with E-state index >= 15 is 0 Å². The Bertz CT molecular complexity index is 1580. The molecule has 3 heterocycles. The second-order valence-electron chi connectivity index (χ2n) is 9.13. The van der Waals surface area contributed by atoms with Crippen LogP contribution in [0, 0.1) is 0 Å². The summed E-state index contributed by atoms with van der Waals surface area (Å²) in [5.74, 6) is 0.667.